The third-order valence-electron chi connectivity index (χ3n) is 13.4. The summed E-state index contributed by atoms with van der Waals surface area (Å²) in [7, 11) is 0. The fourth-order valence-electron chi connectivity index (χ4n) is 9.23. The number of nitrogens with one attached hydrogen (secondary N) is 3. The second kappa shape index (κ2) is 23.3. The van der Waals surface area contributed by atoms with Gasteiger partial charge in [-0.05, 0) is 86.4 Å². The molecule has 0 saturated carbocycles. The van der Waals surface area contributed by atoms with Crippen molar-refractivity contribution in [3.05, 3.63) is 123 Å². The topological polar surface area (TPSA) is 222 Å². The third kappa shape index (κ3) is 12.1. The molecule has 6 aromatic rings. The second-order valence-corrected chi connectivity index (χ2v) is 22.0. The highest BCUT2D eigenvalue weighted by Crippen LogP contribution is 2.40. The highest BCUT2D eigenvalue weighted by molar-refractivity contribution is 7.15. The Morgan fingerprint density at radius 1 is 0.865 bits per heavy atom. The molecular weight excluding hydrogens is 979 g/mol. The molecule has 4 amide bonds. The molecule has 0 radical (unpaired) electrons. The number of amides is 4. The number of fused-ring (bicyclic) bond motifs is 3. The van der Waals surface area contributed by atoms with Crippen LogP contribution in [-0.2, 0) is 23.9 Å². The molecule has 1 fully saturated rings. The van der Waals surface area contributed by atoms with Gasteiger partial charge in [0.25, 0.3) is 5.91 Å². The van der Waals surface area contributed by atoms with Gasteiger partial charge in [0.05, 0.1) is 47.0 Å². The molecule has 2 aliphatic heterocycles. The molecule has 8 rings (SSSR count). The molecule has 2 aliphatic rings. The van der Waals surface area contributed by atoms with E-state index in [1.165, 1.54) is 4.90 Å². The van der Waals surface area contributed by atoms with Crippen molar-refractivity contribution < 1.29 is 38.9 Å². The van der Waals surface area contributed by atoms with Gasteiger partial charge in [0.15, 0.2) is 12.4 Å². The van der Waals surface area contributed by atoms with Gasteiger partial charge in [-0.3, -0.25) is 28.7 Å². The summed E-state index contributed by atoms with van der Waals surface area (Å²) in [5, 5.41) is 38.5. The minimum atomic E-state index is -1.01. The summed E-state index contributed by atoms with van der Waals surface area (Å²) in [6.07, 6.45) is -0.231. The van der Waals surface area contributed by atoms with Crippen LogP contribution in [0.2, 0.25) is 0 Å². The number of hydrogen-bond donors (Lipinski definition) is 5. The maximum Gasteiger partial charge on any atom is 0.258 e. The molecule has 74 heavy (non-hydrogen) atoms. The molecule has 1 unspecified atom stereocenters. The molecule has 0 aliphatic carbocycles. The van der Waals surface area contributed by atoms with Crippen LogP contribution in [0.15, 0.2) is 83.3 Å². The van der Waals surface area contributed by atoms with Crippen LogP contribution >= 0.6 is 22.7 Å². The zero-order valence-corrected chi connectivity index (χ0v) is 44.7. The summed E-state index contributed by atoms with van der Waals surface area (Å²) in [6, 6.07) is 20.5. The number of rotatable bonds is 19. The normalized spacial score (nSPS) is 17.1. The van der Waals surface area contributed by atoms with Gasteiger partial charge in [0.1, 0.15) is 34.7 Å². The van der Waals surface area contributed by atoms with E-state index in [2.05, 4.69) is 45.0 Å². The fraction of sp³-hybridized carbons (Fsp3) is 0.418. The van der Waals surface area contributed by atoms with Gasteiger partial charge in [-0.25, -0.2) is 4.98 Å². The van der Waals surface area contributed by atoms with Gasteiger partial charge in [-0.2, -0.15) is 0 Å². The van der Waals surface area contributed by atoms with E-state index in [0.29, 0.717) is 43.6 Å². The van der Waals surface area contributed by atoms with Crippen LogP contribution in [0.1, 0.15) is 104 Å². The summed E-state index contributed by atoms with van der Waals surface area (Å²) in [6.45, 7) is 16.2. The van der Waals surface area contributed by atoms with Gasteiger partial charge in [0, 0.05) is 48.7 Å². The van der Waals surface area contributed by atoms with Crippen LogP contribution in [-0.4, -0.2) is 122 Å². The number of aliphatic hydroxyl groups excluding tert-OH is 2. The van der Waals surface area contributed by atoms with E-state index in [1.54, 1.807) is 34.8 Å². The summed E-state index contributed by atoms with van der Waals surface area (Å²) in [5.41, 5.74) is 9.51. The van der Waals surface area contributed by atoms with Gasteiger partial charge in [0.2, 0.25) is 17.7 Å². The van der Waals surface area contributed by atoms with Crippen molar-refractivity contribution in [1.82, 2.24) is 40.6 Å². The van der Waals surface area contributed by atoms with E-state index in [0.717, 1.165) is 65.1 Å². The molecule has 5 N–H and O–H groups in total. The lowest BCUT2D eigenvalue weighted by atomic mass is 9.85. The maximum absolute atomic E-state index is 14.3. The summed E-state index contributed by atoms with van der Waals surface area (Å²) in [5.74, 6) is 0.209. The van der Waals surface area contributed by atoms with E-state index >= 15 is 0 Å². The lowest BCUT2D eigenvalue weighted by Gasteiger charge is -2.35. The number of ether oxygens (including phenoxy) is 2. The molecule has 5 atom stereocenters. The van der Waals surface area contributed by atoms with Crippen molar-refractivity contribution in [1.29, 1.82) is 0 Å². The monoisotopic (exact) mass is 1040 g/mol. The van der Waals surface area contributed by atoms with Crippen molar-refractivity contribution >= 4 is 52.0 Å². The number of carbonyl (C=O) groups is 4. The number of nitrogens with zero attached hydrogens (tertiary/aromatic N) is 6. The van der Waals surface area contributed by atoms with E-state index in [-0.39, 0.29) is 50.5 Å². The second-order valence-electron chi connectivity index (χ2n) is 19.9. The van der Waals surface area contributed by atoms with Crippen LogP contribution in [0.3, 0.4) is 0 Å². The average molecular weight is 1040 g/mol. The van der Waals surface area contributed by atoms with Gasteiger partial charge in [-0.1, -0.05) is 81.4 Å². The minimum absolute atomic E-state index is 0.0395. The SMILES string of the molecule is Cc1ncsc1-c1ccc([C@H](C)NC(=O)[C@@H]2C[C@@H](O)CN2C(=O)C(NC(=O)COc2ccc(-c3ccc(C4=N[C@@H](CC(=O)NCCOCCCO)c5nnc(C)n5-c5sc(C)c(C)c54)cc3)cc2)C(C)(C)C)cc1. The first kappa shape index (κ1) is 53.6. The first-order valence-corrected chi connectivity index (χ1v) is 26.6. The first-order valence-electron chi connectivity index (χ1n) is 24.9. The van der Waals surface area contributed by atoms with Crippen molar-refractivity contribution in [2.45, 2.75) is 105 Å². The van der Waals surface area contributed by atoms with Crippen LogP contribution in [0.25, 0.3) is 26.6 Å². The van der Waals surface area contributed by atoms with Gasteiger partial charge < -0.3 is 40.5 Å². The number of β-amino-alcohol motifs (C(OH)–C–C–N with tert-alkyl or cyclic N) is 1. The summed E-state index contributed by atoms with van der Waals surface area (Å²) in [4.78, 5) is 68.0. The zero-order valence-electron chi connectivity index (χ0n) is 43.1. The minimum Gasteiger partial charge on any atom is -0.484 e. The van der Waals surface area contributed by atoms with Crippen LogP contribution in [0.4, 0.5) is 0 Å². The molecule has 1 saturated heterocycles. The van der Waals surface area contributed by atoms with E-state index in [1.807, 2.05) is 112 Å². The van der Waals surface area contributed by atoms with Crippen molar-refractivity contribution in [3.63, 3.8) is 0 Å². The Balaban J connectivity index is 0.899. The molecule has 17 nitrogen and oxygen atoms in total. The number of aromatic nitrogens is 4. The largest absolute Gasteiger partial charge is 0.484 e. The third-order valence-corrected chi connectivity index (χ3v) is 15.6. The molecular formula is C55H65N9O8S2. The molecule has 0 spiro atoms. The number of carbonyl (C=O) groups excluding carboxylic acids is 4. The molecule has 0 bridgehead atoms. The van der Waals surface area contributed by atoms with Crippen molar-refractivity contribution in [2.75, 3.05) is 39.5 Å². The van der Waals surface area contributed by atoms with Crippen LogP contribution < -0.4 is 20.7 Å². The number of benzene rings is 3. The lowest BCUT2D eigenvalue weighted by Crippen LogP contribution is -2.58. The predicted octanol–water partition coefficient (Wildman–Crippen LogP) is 6.90. The van der Waals surface area contributed by atoms with Gasteiger partial charge in [-0.15, -0.1) is 32.9 Å². The Bertz CT molecular complexity index is 3000. The number of thiophene rings is 1. The highest BCUT2D eigenvalue weighted by Gasteiger charge is 2.45. The fourth-order valence-corrected chi connectivity index (χ4v) is 11.3. The summed E-state index contributed by atoms with van der Waals surface area (Å²) >= 11 is 3.21. The number of aliphatic hydroxyl groups is 2. The van der Waals surface area contributed by atoms with E-state index in [9.17, 15) is 24.3 Å². The number of hydrogen-bond acceptors (Lipinski definition) is 14. The Labute approximate surface area is 439 Å². The summed E-state index contributed by atoms with van der Waals surface area (Å²) < 4.78 is 13.4. The number of aryl methyl sites for hydroxylation is 3. The Hall–Kier alpha value is -6.64. The smallest absolute Gasteiger partial charge is 0.258 e. The number of aliphatic imine (C=N–C) groups is 1. The first-order chi connectivity index (χ1) is 35.4. The Morgan fingerprint density at radius 3 is 2.20 bits per heavy atom. The van der Waals surface area contributed by atoms with Crippen LogP contribution in [0.5, 0.6) is 5.75 Å². The molecule has 390 valence electrons. The average Bonchev–Trinajstić information content (AvgIpc) is 4.15. The van der Waals surface area contributed by atoms with Crippen molar-refractivity contribution in [2.24, 2.45) is 10.4 Å². The Kier molecular flexibility index (Phi) is 16.9. The molecule has 19 heteroatoms. The van der Waals surface area contributed by atoms with E-state index < -0.39 is 41.5 Å². The highest BCUT2D eigenvalue weighted by atomic mass is 32.1. The predicted molar refractivity (Wildman–Crippen MR) is 286 cm³/mol. The standard InChI is InChI=1S/C55H65N9O8S2/c1-31-34(4)74-54-47(31)48(59-43(51-62-61-35(5)64(51)54)27-45(67)56-22-25-71-24-9-23-65)39-14-12-37(13-15-39)38-18-20-42(21-19-38)72-29-46(68)60-50(55(6,7)8)53(70)63-28-41(66)26-44(63)52(69)58-32(2)36-10-16-40(17-11-36)49-33(3)57-30-73-49/h10-21,30,32,41,43-44,50,65-66H,9,22-29H2,1-8H3,(H,56,67)(H,58,69)(H,60,68)/t32-,41+,43-,44-,50?/m0/s1. The molecule has 3 aromatic heterocycles. The maximum atomic E-state index is 14.3. The van der Waals surface area contributed by atoms with Crippen LogP contribution in [0, 0.1) is 33.1 Å². The quantitative estimate of drug-likeness (QED) is 0.0525. The zero-order chi connectivity index (χ0) is 52.8. The van der Waals surface area contributed by atoms with E-state index in [4.69, 9.17) is 19.6 Å². The molecule has 3 aromatic carbocycles. The Morgan fingerprint density at radius 2 is 1.54 bits per heavy atom. The lowest BCUT2D eigenvalue weighted by molar-refractivity contribution is -0.144. The number of likely N-dealkylation sites (tertiary alicyclic amines) is 1. The molecule has 5 heterocycles. The number of thiazole rings is 1. The van der Waals surface area contributed by atoms with Crippen molar-refractivity contribution in [3.8, 4) is 32.3 Å². The van der Waals surface area contributed by atoms with Gasteiger partial charge >= 0.3 is 0 Å².